The molecule has 0 unspecified atom stereocenters. The van der Waals surface area contributed by atoms with Crippen molar-refractivity contribution < 1.29 is 33.3 Å². The lowest BCUT2D eigenvalue weighted by Gasteiger charge is -2.14. The van der Waals surface area contributed by atoms with E-state index in [9.17, 15) is 14.9 Å². The van der Waals surface area contributed by atoms with Gasteiger partial charge in [-0.3, -0.25) is 4.79 Å². The third-order valence-electron chi connectivity index (χ3n) is 5.10. The van der Waals surface area contributed by atoms with Crippen molar-refractivity contribution in [3.8, 4) is 29.1 Å². The lowest BCUT2D eigenvalue weighted by molar-refractivity contribution is -0.138. The molecule has 8 nitrogen and oxygen atoms in total. The van der Waals surface area contributed by atoms with Crippen LogP contribution in [0.3, 0.4) is 0 Å². The smallest absolute Gasteiger partial charge is 0.348 e. The van der Waals surface area contributed by atoms with Gasteiger partial charge in [0.25, 0.3) is 0 Å². The van der Waals surface area contributed by atoms with Gasteiger partial charge in [0, 0.05) is 6.42 Å². The van der Waals surface area contributed by atoms with E-state index in [-0.39, 0.29) is 24.4 Å². The Bertz CT molecular complexity index is 1120. The summed E-state index contributed by atoms with van der Waals surface area (Å²) < 4.78 is 27.6. The van der Waals surface area contributed by atoms with Crippen LogP contribution in [0.25, 0.3) is 6.08 Å². The number of ether oxygens (including phenoxy) is 5. The van der Waals surface area contributed by atoms with Crippen molar-refractivity contribution in [2.24, 2.45) is 0 Å². The van der Waals surface area contributed by atoms with Gasteiger partial charge in [-0.15, -0.1) is 0 Å². The summed E-state index contributed by atoms with van der Waals surface area (Å²) in [6.45, 7) is 9.13. The summed E-state index contributed by atoms with van der Waals surface area (Å²) in [7, 11) is 0. The zero-order valence-corrected chi connectivity index (χ0v) is 22.0. The fourth-order valence-electron chi connectivity index (χ4n) is 3.32. The molecular formula is C29H35NO7. The van der Waals surface area contributed by atoms with Crippen LogP contribution in [-0.4, -0.2) is 38.4 Å². The molecule has 0 aliphatic rings. The van der Waals surface area contributed by atoms with Crippen molar-refractivity contribution in [2.75, 3.05) is 26.4 Å². The first-order valence-corrected chi connectivity index (χ1v) is 12.6. The fourth-order valence-corrected chi connectivity index (χ4v) is 3.32. The predicted molar refractivity (Wildman–Crippen MR) is 140 cm³/mol. The van der Waals surface area contributed by atoms with Crippen molar-refractivity contribution in [1.29, 1.82) is 5.26 Å². The molecule has 2 rings (SSSR count). The number of nitrogens with zero attached hydrogens (tertiary/aromatic N) is 1. The third kappa shape index (κ3) is 9.53. The SMILES string of the molecule is CCCCOc1ccc(CCC(=O)Oc2ccc(/C=C(\C#N)C(=O)OCC)cc2OCC)cc1OCC. The average molecular weight is 510 g/mol. The van der Waals surface area contributed by atoms with Gasteiger partial charge in [-0.2, -0.15) is 5.26 Å². The highest BCUT2D eigenvalue weighted by molar-refractivity contribution is 5.98. The molecule has 0 N–H and O–H groups in total. The molecule has 0 radical (unpaired) electrons. The van der Waals surface area contributed by atoms with Gasteiger partial charge < -0.3 is 23.7 Å². The molecule has 0 saturated heterocycles. The fraction of sp³-hybridized carbons (Fsp3) is 0.414. The maximum absolute atomic E-state index is 12.6. The highest BCUT2D eigenvalue weighted by Crippen LogP contribution is 2.31. The topological polar surface area (TPSA) is 104 Å². The standard InChI is InChI=1S/C29H35NO7/c1-5-9-16-36-24-13-10-21(18-26(24)33-6-2)12-15-28(31)37-25-14-11-22(19-27(25)34-7-3)17-23(20-30)29(32)35-8-4/h10-11,13-14,17-19H,5-9,12,15-16H2,1-4H3/b23-17+. The average Bonchev–Trinajstić information content (AvgIpc) is 2.89. The molecule has 0 saturated carbocycles. The lowest BCUT2D eigenvalue weighted by atomic mass is 10.1. The maximum atomic E-state index is 12.6. The minimum absolute atomic E-state index is 0.137. The molecule has 37 heavy (non-hydrogen) atoms. The summed E-state index contributed by atoms with van der Waals surface area (Å²) in [6, 6.07) is 12.3. The van der Waals surface area contributed by atoms with E-state index < -0.39 is 11.9 Å². The minimum Gasteiger partial charge on any atom is -0.490 e. The number of hydrogen-bond acceptors (Lipinski definition) is 8. The third-order valence-corrected chi connectivity index (χ3v) is 5.10. The molecule has 2 aromatic carbocycles. The number of nitriles is 1. The Morgan fingerprint density at radius 2 is 1.57 bits per heavy atom. The van der Waals surface area contributed by atoms with Gasteiger partial charge in [0.05, 0.1) is 26.4 Å². The summed E-state index contributed by atoms with van der Waals surface area (Å²) in [4.78, 5) is 24.5. The van der Waals surface area contributed by atoms with Crippen molar-refractivity contribution in [2.45, 2.75) is 53.4 Å². The molecule has 198 valence electrons. The molecule has 0 aliphatic carbocycles. The van der Waals surface area contributed by atoms with Gasteiger partial charge in [0.15, 0.2) is 23.0 Å². The quantitative estimate of drug-likeness (QED) is 0.0994. The first kappa shape index (κ1) is 29.2. The van der Waals surface area contributed by atoms with E-state index in [4.69, 9.17) is 23.7 Å². The van der Waals surface area contributed by atoms with E-state index >= 15 is 0 Å². The summed E-state index contributed by atoms with van der Waals surface area (Å²) in [6.07, 6.45) is 4.02. The van der Waals surface area contributed by atoms with Crippen LogP contribution in [0.15, 0.2) is 42.0 Å². The highest BCUT2D eigenvalue weighted by atomic mass is 16.6. The van der Waals surface area contributed by atoms with E-state index in [0.717, 1.165) is 18.4 Å². The normalized spacial score (nSPS) is 10.8. The lowest BCUT2D eigenvalue weighted by Crippen LogP contribution is -2.10. The van der Waals surface area contributed by atoms with Crippen molar-refractivity contribution in [1.82, 2.24) is 0 Å². The number of rotatable bonds is 15. The molecule has 0 aliphatic heterocycles. The van der Waals surface area contributed by atoms with Crippen LogP contribution in [0.4, 0.5) is 0 Å². The largest absolute Gasteiger partial charge is 0.490 e. The molecular weight excluding hydrogens is 474 g/mol. The van der Waals surface area contributed by atoms with Crippen LogP contribution in [0.1, 0.15) is 58.1 Å². The Balaban J connectivity index is 2.09. The Kier molecular flexibility index (Phi) is 12.6. The number of hydrogen-bond donors (Lipinski definition) is 0. The number of aryl methyl sites for hydroxylation is 1. The predicted octanol–water partition coefficient (Wildman–Crippen LogP) is 5.67. The highest BCUT2D eigenvalue weighted by Gasteiger charge is 2.15. The summed E-state index contributed by atoms with van der Waals surface area (Å²) in [5.74, 6) is 0.818. The monoisotopic (exact) mass is 509 g/mol. The molecule has 0 fully saturated rings. The number of benzene rings is 2. The Morgan fingerprint density at radius 1 is 0.865 bits per heavy atom. The van der Waals surface area contributed by atoms with Gasteiger partial charge in [0.2, 0.25) is 0 Å². The van der Waals surface area contributed by atoms with Gasteiger partial charge in [-0.25, -0.2) is 4.79 Å². The van der Waals surface area contributed by atoms with Crippen LogP contribution < -0.4 is 18.9 Å². The summed E-state index contributed by atoms with van der Waals surface area (Å²) >= 11 is 0. The van der Waals surface area contributed by atoms with Crippen molar-refractivity contribution in [3.63, 3.8) is 0 Å². The van der Waals surface area contributed by atoms with E-state index in [1.807, 2.05) is 31.2 Å². The van der Waals surface area contributed by atoms with Crippen LogP contribution in [0, 0.1) is 11.3 Å². The number of carbonyl (C=O) groups excluding carboxylic acids is 2. The summed E-state index contributed by atoms with van der Waals surface area (Å²) in [5.41, 5.74) is 1.33. The second-order valence-corrected chi connectivity index (χ2v) is 7.92. The summed E-state index contributed by atoms with van der Waals surface area (Å²) in [5, 5.41) is 9.26. The second kappa shape index (κ2) is 15.9. The van der Waals surface area contributed by atoms with Crippen molar-refractivity contribution >= 4 is 18.0 Å². The molecule has 0 amide bonds. The van der Waals surface area contributed by atoms with E-state index in [1.54, 1.807) is 32.0 Å². The maximum Gasteiger partial charge on any atom is 0.348 e. The molecule has 0 heterocycles. The number of carbonyl (C=O) groups is 2. The second-order valence-electron chi connectivity index (χ2n) is 7.92. The van der Waals surface area contributed by atoms with Gasteiger partial charge in [-0.05, 0) is 75.1 Å². The van der Waals surface area contributed by atoms with Crippen molar-refractivity contribution in [3.05, 3.63) is 53.1 Å². The van der Waals surface area contributed by atoms with Crippen LogP contribution in [0.5, 0.6) is 23.0 Å². The molecule has 0 aromatic heterocycles. The van der Waals surface area contributed by atoms with Gasteiger partial charge >= 0.3 is 11.9 Å². The number of unbranched alkanes of at least 4 members (excludes halogenated alkanes) is 1. The van der Waals surface area contributed by atoms with Crippen LogP contribution >= 0.6 is 0 Å². The number of esters is 2. The van der Waals surface area contributed by atoms with Gasteiger partial charge in [0.1, 0.15) is 11.6 Å². The first-order valence-electron chi connectivity index (χ1n) is 12.6. The van der Waals surface area contributed by atoms with Crippen LogP contribution in [0.2, 0.25) is 0 Å². The Labute approximate surface area is 218 Å². The first-order chi connectivity index (χ1) is 17.9. The zero-order chi connectivity index (χ0) is 27.0. The molecule has 0 bridgehead atoms. The zero-order valence-electron chi connectivity index (χ0n) is 22.0. The van der Waals surface area contributed by atoms with E-state index in [2.05, 4.69) is 6.92 Å². The molecule has 0 spiro atoms. The molecule has 0 atom stereocenters. The van der Waals surface area contributed by atoms with E-state index in [1.165, 1.54) is 6.08 Å². The van der Waals surface area contributed by atoms with Crippen LogP contribution in [-0.2, 0) is 20.7 Å². The van der Waals surface area contributed by atoms with E-state index in [0.29, 0.717) is 49.1 Å². The minimum atomic E-state index is -0.702. The Hall–Kier alpha value is -3.99. The Morgan fingerprint density at radius 3 is 2.22 bits per heavy atom. The molecule has 8 heteroatoms. The van der Waals surface area contributed by atoms with Gasteiger partial charge in [-0.1, -0.05) is 25.5 Å². The molecule has 2 aromatic rings.